The molecular weight excluding hydrogens is 797 g/mol. The number of hydrogen-bond donors (Lipinski definition) is 6. The molecule has 10 aromatic rings. The first kappa shape index (κ1) is 40.5. The summed E-state index contributed by atoms with van der Waals surface area (Å²) >= 11 is 0. The molecule has 0 aliphatic carbocycles. The monoisotopic (exact) mass is 834 g/mol. The highest BCUT2D eigenvalue weighted by atomic mass is 16.3. The van der Waals surface area contributed by atoms with Gasteiger partial charge in [0.2, 0.25) is 0 Å². The smallest absolute Gasteiger partial charge is 0.167 e. The topological polar surface area (TPSA) is 311 Å². The minimum atomic E-state index is 0.179. The molecule has 0 radical (unpaired) electrons. The molecule has 0 amide bonds. The second kappa shape index (κ2) is 17.9. The first-order valence-electron chi connectivity index (χ1n) is 19.1. The van der Waals surface area contributed by atoms with E-state index in [9.17, 15) is 0 Å². The lowest BCUT2D eigenvalue weighted by Gasteiger charge is -2.10. The van der Waals surface area contributed by atoms with Crippen molar-refractivity contribution in [2.45, 2.75) is 6.92 Å². The molecule has 18 heteroatoms. The van der Waals surface area contributed by atoms with Gasteiger partial charge in [-0.2, -0.15) is 0 Å². The van der Waals surface area contributed by atoms with Crippen LogP contribution in [0.15, 0.2) is 149 Å². The number of pyridine rings is 4. The van der Waals surface area contributed by atoms with Gasteiger partial charge in [-0.05, 0) is 79.7 Å². The number of para-hydroxylation sites is 1. The fourth-order valence-electron chi connectivity index (χ4n) is 6.23. The highest BCUT2D eigenvalue weighted by Crippen LogP contribution is 2.35. The van der Waals surface area contributed by atoms with Crippen molar-refractivity contribution < 1.29 is 8.83 Å². The number of aromatic nitrogens is 10. The fourth-order valence-corrected chi connectivity index (χ4v) is 6.23. The lowest BCUT2D eigenvalue weighted by molar-refractivity contribution is 0.546. The van der Waals surface area contributed by atoms with Crippen LogP contribution in [-0.2, 0) is 0 Å². The summed E-state index contributed by atoms with van der Waals surface area (Å²) < 4.78 is 11.5. The molecular formula is C45H38N16O2. The number of furan rings is 2. The average Bonchev–Trinajstić information content (AvgIpc) is 3.97. The number of nitrogen functional groups attached to an aromatic ring is 6. The second-order valence-corrected chi connectivity index (χ2v) is 13.6. The van der Waals surface area contributed by atoms with E-state index in [1.54, 1.807) is 49.6 Å². The van der Waals surface area contributed by atoms with Gasteiger partial charge in [0, 0.05) is 77.2 Å². The molecule has 9 heterocycles. The minimum Gasteiger partial charge on any atom is -0.460 e. The Morgan fingerprint density at radius 2 is 0.794 bits per heavy atom. The third-order valence-corrected chi connectivity index (χ3v) is 9.28. The standard InChI is InChI=1S/C17H13N5O.C14H12N6.C14H13N5O/c18-16-17(19)22-15(14(21-16)10-5-7-20-8-6-10)13-9-11-3-1-2-4-12(11)23-13;15-13-14(16)20-12(10-2-1-5-18-8-10)11(19-13)9-3-6-17-7-4-9;1-8-2-3-10(20-8)12-11(9-4-6-17-7-5-9)18-13(15)14(16)19-12/h1-9H,(H2,18,21)(H2,19,22);1-8H,(H2,15,19)(H2,16,20);2-7H,1H3,(H2,15,18)(H2,16,19). The van der Waals surface area contributed by atoms with Crippen molar-refractivity contribution in [3.8, 4) is 67.9 Å². The van der Waals surface area contributed by atoms with Gasteiger partial charge in [0.05, 0.1) is 5.69 Å². The molecule has 0 atom stereocenters. The number of hydrogen-bond acceptors (Lipinski definition) is 18. The van der Waals surface area contributed by atoms with Crippen LogP contribution in [0.1, 0.15) is 5.76 Å². The molecule has 10 rings (SSSR count). The zero-order valence-corrected chi connectivity index (χ0v) is 33.5. The number of nitrogens with two attached hydrogens (primary N) is 6. The zero-order chi connectivity index (χ0) is 43.9. The number of rotatable bonds is 6. The van der Waals surface area contributed by atoms with Crippen molar-refractivity contribution >= 4 is 45.9 Å². The van der Waals surface area contributed by atoms with Crippen molar-refractivity contribution in [2.75, 3.05) is 34.4 Å². The van der Waals surface area contributed by atoms with Crippen LogP contribution in [0, 0.1) is 6.92 Å². The normalized spacial score (nSPS) is 10.7. The maximum absolute atomic E-state index is 5.90. The van der Waals surface area contributed by atoms with Crippen LogP contribution in [0.4, 0.5) is 34.9 Å². The Labute approximate surface area is 359 Å². The van der Waals surface area contributed by atoms with Gasteiger partial charge in [-0.1, -0.05) is 18.2 Å². The largest absolute Gasteiger partial charge is 0.460 e. The van der Waals surface area contributed by atoms with E-state index in [-0.39, 0.29) is 34.9 Å². The van der Waals surface area contributed by atoms with Crippen molar-refractivity contribution in [3.05, 3.63) is 146 Å². The summed E-state index contributed by atoms with van der Waals surface area (Å²) in [5, 5.41) is 0.986. The second-order valence-electron chi connectivity index (χ2n) is 13.6. The predicted molar refractivity (Wildman–Crippen MR) is 243 cm³/mol. The van der Waals surface area contributed by atoms with E-state index in [0.29, 0.717) is 45.7 Å². The molecule has 1 aromatic carbocycles. The maximum atomic E-state index is 5.90. The first-order valence-corrected chi connectivity index (χ1v) is 19.1. The van der Waals surface area contributed by atoms with Gasteiger partial charge in [-0.3, -0.25) is 19.9 Å². The van der Waals surface area contributed by atoms with E-state index in [1.807, 2.05) is 97.9 Å². The highest BCUT2D eigenvalue weighted by Gasteiger charge is 2.19. The van der Waals surface area contributed by atoms with Gasteiger partial charge in [-0.15, -0.1) is 0 Å². The number of aryl methyl sites for hydroxylation is 1. The summed E-state index contributed by atoms with van der Waals surface area (Å²) in [4.78, 5) is 42.2. The van der Waals surface area contributed by atoms with E-state index >= 15 is 0 Å². The van der Waals surface area contributed by atoms with Crippen LogP contribution in [0.3, 0.4) is 0 Å². The Hall–Kier alpha value is -9.32. The van der Waals surface area contributed by atoms with Crippen LogP contribution in [0.2, 0.25) is 0 Å². The van der Waals surface area contributed by atoms with Gasteiger partial charge < -0.3 is 43.2 Å². The van der Waals surface area contributed by atoms with Gasteiger partial charge in [0.1, 0.15) is 39.8 Å². The van der Waals surface area contributed by atoms with Gasteiger partial charge in [-0.25, -0.2) is 29.9 Å². The number of anilines is 6. The lowest BCUT2D eigenvalue weighted by Crippen LogP contribution is -2.04. The SMILES string of the molecule is Cc1ccc(-c2nc(N)c(N)nc2-c2ccncc2)o1.Nc1nc(-c2ccncc2)c(-c2cc3ccccc3o2)nc1N.Nc1nc(-c2ccncc2)c(-c2cccnc2)nc1N. The molecule has 0 saturated carbocycles. The Bertz CT molecular complexity index is 3050. The molecule has 18 nitrogen and oxygen atoms in total. The van der Waals surface area contributed by atoms with E-state index in [4.69, 9.17) is 43.2 Å². The van der Waals surface area contributed by atoms with Crippen molar-refractivity contribution in [3.63, 3.8) is 0 Å². The summed E-state index contributed by atoms with van der Waals surface area (Å²) in [5.41, 5.74) is 42.6. The summed E-state index contributed by atoms with van der Waals surface area (Å²) in [6.07, 6.45) is 13.5. The van der Waals surface area contributed by atoms with Crippen LogP contribution in [0.5, 0.6) is 0 Å². The molecule has 12 N–H and O–H groups in total. The molecule has 0 saturated heterocycles. The van der Waals surface area contributed by atoms with Crippen LogP contribution in [0.25, 0.3) is 78.9 Å². The summed E-state index contributed by atoms with van der Waals surface area (Å²) in [5.74, 6) is 3.17. The van der Waals surface area contributed by atoms with Crippen molar-refractivity contribution in [1.82, 2.24) is 49.8 Å². The van der Waals surface area contributed by atoms with Crippen molar-refractivity contribution in [2.24, 2.45) is 0 Å². The Morgan fingerprint density at radius 1 is 0.365 bits per heavy atom. The third kappa shape index (κ3) is 8.99. The van der Waals surface area contributed by atoms with Crippen LogP contribution < -0.4 is 34.4 Å². The Balaban J connectivity index is 0.000000130. The zero-order valence-electron chi connectivity index (χ0n) is 33.5. The summed E-state index contributed by atoms with van der Waals surface area (Å²) in [6.45, 7) is 1.86. The van der Waals surface area contributed by atoms with E-state index in [2.05, 4.69) is 49.8 Å². The van der Waals surface area contributed by atoms with Crippen molar-refractivity contribution in [1.29, 1.82) is 0 Å². The summed E-state index contributed by atoms with van der Waals surface area (Å²) in [6, 6.07) is 28.1. The lowest BCUT2D eigenvalue weighted by atomic mass is 10.1. The molecule has 0 aliphatic rings. The molecule has 0 spiro atoms. The average molecular weight is 835 g/mol. The van der Waals surface area contributed by atoms with E-state index < -0.39 is 0 Å². The van der Waals surface area contributed by atoms with E-state index in [1.165, 1.54) is 0 Å². The van der Waals surface area contributed by atoms with E-state index in [0.717, 1.165) is 39.0 Å². The minimum absolute atomic E-state index is 0.179. The number of benzene rings is 1. The Kier molecular flexibility index (Phi) is 11.5. The quantitative estimate of drug-likeness (QED) is 0.0968. The van der Waals surface area contributed by atoms with Gasteiger partial charge >= 0.3 is 0 Å². The molecule has 63 heavy (non-hydrogen) atoms. The molecule has 0 aliphatic heterocycles. The predicted octanol–water partition coefficient (Wildman–Crippen LogP) is 7.15. The number of nitrogens with zero attached hydrogens (tertiary/aromatic N) is 10. The fraction of sp³-hybridized carbons (Fsp3) is 0.0222. The number of fused-ring (bicyclic) bond motifs is 1. The molecule has 310 valence electrons. The first-order chi connectivity index (χ1) is 30.6. The van der Waals surface area contributed by atoms with Gasteiger partial charge in [0.25, 0.3) is 0 Å². The van der Waals surface area contributed by atoms with Crippen LogP contribution in [-0.4, -0.2) is 49.8 Å². The summed E-state index contributed by atoms with van der Waals surface area (Å²) in [7, 11) is 0. The maximum Gasteiger partial charge on any atom is 0.167 e. The van der Waals surface area contributed by atoms with Gasteiger partial charge in [0.15, 0.2) is 46.4 Å². The molecule has 0 unspecified atom stereocenters. The molecule has 0 fully saturated rings. The highest BCUT2D eigenvalue weighted by molar-refractivity contribution is 5.87. The molecule has 9 aromatic heterocycles. The van der Waals surface area contributed by atoms with Crippen LogP contribution >= 0.6 is 0 Å². The molecule has 0 bridgehead atoms. The third-order valence-electron chi connectivity index (χ3n) is 9.28. The Morgan fingerprint density at radius 3 is 1.22 bits per heavy atom.